The largest absolute Gasteiger partial charge is 0.478 e. The summed E-state index contributed by atoms with van der Waals surface area (Å²) in [6.45, 7) is 8.34. The van der Waals surface area contributed by atoms with Crippen molar-refractivity contribution < 1.29 is 4.74 Å². The van der Waals surface area contributed by atoms with E-state index in [0.29, 0.717) is 0 Å². The Morgan fingerprint density at radius 1 is 1.46 bits per heavy atom. The molecular formula is C10H18N2O. The van der Waals surface area contributed by atoms with Gasteiger partial charge in [0.1, 0.15) is 0 Å². The van der Waals surface area contributed by atoms with Crippen molar-refractivity contribution in [3.8, 4) is 5.88 Å². The second-order valence-electron chi connectivity index (χ2n) is 3.83. The van der Waals surface area contributed by atoms with Crippen molar-refractivity contribution in [1.29, 1.82) is 0 Å². The summed E-state index contributed by atoms with van der Waals surface area (Å²) < 4.78 is 7.14. The van der Waals surface area contributed by atoms with Crippen LogP contribution in [0.15, 0.2) is 12.3 Å². The third-order valence-corrected chi connectivity index (χ3v) is 1.44. The van der Waals surface area contributed by atoms with E-state index >= 15 is 0 Å². The monoisotopic (exact) mass is 182 g/mol. The summed E-state index contributed by atoms with van der Waals surface area (Å²) in [6.07, 6.45) is 2.84. The van der Waals surface area contributed by atoms with Gasteiger partial charge in [-0.25, -0.2) is 4.68 Å². The summed E-state index contributed by atoms with van der Waals surface area (Å²) in [4.78, 5) is 0. The number of aryl methyl sites for hydroxylation is 1. The summed E-state index contributed by atoms with van der Waals surface area (Å²) >= 11 is 0. The van der Waals surface area contributed by atoms with Crippen LogP contribution < -0.4 is 4.74 Å². The fourth-order valence-electron chi connectivity index (χ4n) is 1.00. The Morgan fingerprint density at radius 3 is 2.77 bits per heavy atom. The number of rotatable bonds is 0. The second kappa shape index (κ2) is 4.90. The van der Waals surface area contributed by atoms with E-state index in [9.17, 15) is 0 Å². The molecular weight excluding hydrogens is 164 g/mol. The third kappa shape index (κ3) is 3.49. The molecule has 0 saturated carbocycles. The molecule has 0 aromatic carbocycles. The first-order valence-corrected chi connectivity index (χ1v) is 4.84. The van der Waals surface area contributed by atoms with Crippen LogP contribution in [0.5, 0.6) is 5.88 Å². The lowest BCUT2D eigenvalue weighted by Crippen LogP contribution is -2.14. The van der Waals surface area contributed by atoms with E-state index in [-0.39, 0.29) is 0 Å². The molecule has 1 aromatic rings. The van der Waals surface area contributed by atoms with Crippen molar-refractivity contribution >= 4 is 0 Å². The smallest absolute Gasteiger partial charge is 0.211 e. The van der Waals surface area contributed by atoms with Crippen LogP contribution in [-0.4, -0.2) is 16.4 Å². The summed E-state index contributed by atoms with van der Waals surface area (Å²) in [5.74, 6) is 1.74. The van der Waals surface area contributed by atoms with Gasteiger partial charge in [-0.1, -0.05) is 20.8 Å². The van der Waals surface area contributed by atoms with Crippen LogP contribution in [0.25, 0.3) is 0 Å². The molecule has 0 spiro atoms. The highest BCUT2D eigenvalue weighted by atomic mass is 16.5. The molecule has 0 saturated heterocycles. The number of ether oxygens (including phenoxy) is 1. The van der Waals surface area contributed by atoms with Crippen LogP contribution >= 0.6 is 0 Å². The van der Waals surface area contributed by atoms with Gasteiger partial charge >= 0.3 is 0 Å². The number of nitrogens with zero attached hydrogens (tertiary/aromatic N) is 2. The minimum Gasteiger partial charge on any atom is -0.478 e. The Morgan fingerprint density at radius 2 is 2.15 bits per heavy atom. The van der Waals surface area contributed by atoms with Crippen molar-refractivity contribution in [2.75, 3.05) is 6.61 Å². The first-order chi connectivity index (χ1) is 6.20. The van der Waals surface area contributed by atoms with Crippen LogP contribution in [0.2, 0.25) is 0 Å². The molecule has 0 unspecified atom stereocenters. The molecule has 0 radical (unpaired) electrons. The lowest BCUT2D eigenvalue weighted by molar-refractivity contribution is 0.230. The molecule has 2 heterocycles. The van der Waals surface area contributed by atoms with Crippen molar-refractivity contribution in [3.63, 3.8) is 0 Å². The van der Waals surface area contributed by atoms with E-state index in [1.165, 1.54) is 0 Å². The van der Waals surface area contributed by atoms with Gasteiger partial charge in [-0.3, -0.25) is 0 Å². The van der Waals surface area contributed by atoms with Crippen LogP contribution in [0, 0.1) is 5.92 Å². The molecule has 0 N–H and O–H groups in total. The van der Waals surface area contributed by atoms with Gasteiger partial charge in [0.05, 0.1) is 12.8 Å². The van der Waals surface area contributed by atoms with Gasteiger partial charge in [-0.2, -0.15) is 5.10 Å². The topological polar surface area (TPSA) is 27.1 Å². The molecule has 0 bridgehead atoms. The lowest BCUT2D eigenvalue weighted by atomic mass is 10.3. The predicted molar refractivity (Wildman–Crippen MR) is 52.9 cm³/mol. The minimum atomic E-state index is 0.833. The maximum Gasteiger partial charge on any atom is 0.211 e. The van der Waals surface area contributed by atoms with Crippen molar-refractivity contribution in [2.45, 2.75) is 33.7 Å². The summed E-state index contributed by atoms with van der Waals surface area (Å²) in [5, 5.41) is 4.05. The van der Waals surface area contributed by atoms with Crippen LogP contribution in [-0.2, 0) is 6.54 Å². The fourth-order valence-corrected chi connectivity index (χ4v) is 1.00. The molecule has 1 aliphatic heterocycles. The van der Waals surface area contributed by atoms with E-state index in [0.717, 1.165) is 31.4 Å². The molecule has 13 heavy (non-hydrogen) atoms. The predicted octanol–water partition coefficient (Wildman–Crippen LogP) is 2.33. The lowest BCUT2D eigenvalue weighted by Gasteiger charge is -2.13. The highest BCUT2D eigenvalue weighted by Crippen LogP contribution is 2.13. The van der Waals surface area contributed by atoms with Gasteiger partial charge in [0, 0.05) is 19.0 Å². The van der Waals surface area contributed by atoms with E-state index in [1.807, 2.05) is 10.7 Å². The Kier molecular flexibility index (Phi) is 3.80. The summed E-state index contributed by atoms with van der Waals surface area (Å²) in [5.41, 5.74) is 0. The second-order valence-corrected chi connectivity index (χ2v) is 3.83. The van der Waals surface area contributed by atoms with Gasteiger partial charge in [0.15, 0.2) is 0 Å². The highest BCUT2D eigenvalue weighted by molar-refractivity contribution is 5.08. The number of aromatic nitrogens is 2. The number of fused-ring (bicyclic) bond motifs is 1. The fraction of sp³-hybridized carbons (Fsp3) is 0.700. The number of hydrogen-bond acceptors (Lipinski definition) is 2. The van der Waals surface area contributed by atoms with Crippen LogP contribution in [0.4, 0.5) is 0 Å². The third-order valence-electron chi connectivity index (χ3n) is 1.44. The molecule has 74 valence electrons. The number of hydrogen-bond donors (Lipinski definition) is 0. The van der Waals surface area contributed by atoms with Gasteiger partial charge in [-0.15, -0.1) is 0 Å². The zero-order chi connectivity index (χ0) is 9.68. The quantitative estimate of drug-likeness (QED) is 0.615. The Hall–Kier alpha value is -0.990. The molecule has 1 aliphatic rings. The molecule has 0 amide bonds. The molecule has 2 rings (SSSR count). The van der Waals surface area contributed by atoms with Crippen LogP contribution in [0.3, 0.4) is 0 Å². The normalized spacial score (nSPS) is 14.2. The standard InChI is InChI=1S/C6H8N2O.C4H10/c1-4-8-6(9-5-1)2-3-7-8;1-4(2)3/h2-3H,1,4-5H2;4H,1-3H3. The zero-order valence-electron chi connectivity index (χ0n) is 8.66. The van der Waals surface area contributed by atoms with E-state index in [4.69, 9.17) is 4.74 Å². The first-order valence-electron chi connectivity index (χ1n) is 4.84. The Labute approximate surface area is 79.7 Å². The van der Waals surface area contributed by atoms with Crippen molar-refractivity contribution in [2.24, 2.45) is 5.92 Å². The maximum atomic E-state index is 5.26. The van der Waals surface area contributed by atoms with E-state index in [1.54, 1.807) is 6.20 Å². The van der Waals surface area contributed by atoms with Gasteiger partial charge in [-0.05, 0) is 5.92 Å². The zero-order valence-corrected chi connectivity index (χ0v) is 8.66. The average molecular weight is 182 g/mol. The average Bonchev–Trinajstić information content (AvgIpc) is 2.49. The van der Waals surface area contributed by atoms with E-state index < -0.39 is 0 Å². The summed E-state index contributed by atoms with van der Waals surface area (Å²) in [6, 6.07) is 1.89. The van der Waals surface area contributed by atoms with Crippen molar-refractivity contribution in [3.05, 3.63) is 12.3 Å². The Bertz CT molecular complexity index is 220. The van der Waals surface area contributed by atoms with Crippen LogP contribution in [0.1, 0.15) is 27.2 Å². The molecule has 0 aliphatic carbocycles. The first kappa shape index (κ1) is 10.1. The highest BCUT2D eigenvalue weighted by Gasteiger charge is 2.07. The van der Waals surface area contributed by atoms with Gasteiger partial charge in [0.25, 0.3) is 0 Å². The molecule has 0 fully saturated rings. The molecule has 3 heteroatoms. The molecule has 1 aromatic heterocycles. The minimum absolute atomic E-state index is 0.833. The van der Waals surface area contributed by atoms with Gasteiger partial charge < -0.3 is 4.74 Å². The maximum absolute atomic E-state index is 5.26. The van der Waals surface area contributed by atoms with Gasteiger partial charge in [0.2, 0.25) is 5.88 Å². The molecule has 3 nitrogen and oxygen atoms in total. The molecule has 0 atom stereocenters. The SMILES string of the molecule is CC(C)C.c1cc2n(n1)CCCO2. The van der Waals surface area contributed by atoms with E-state index in [2.05, 4.69) is 25.9 Å². The Balaban J connectivity index is 0.000000184. The summed E-state index contributed by atoms with van der Waals surface area (Å²) in [7, 11) is 0. The van der Waals surface area contributed by atoms with Crippen molar-refractivity contribution in [1.82, 2.24) is 9.78 Å².